The smallest absolute Gasteiger partial charge is 0.258 e. The Labute approximate surface area is 122 Å². The molecule has 0 aliphatic carbocycles. The van der Waals surface area contributed by atoms with E-state index in [1.54, 1.807) is 12.1 Å². The lowest BCUT2D eigenvalue weighted by Gasteiger charge is -2.07. The van der Waals surface area contributed by atoms with Crippen LogP contribution in [0.15, 0.2) is 45.3 Å². The Kier molecular flexibility index (Phi) is 4.14. The summed E-state index contributed by atoms with van der Waals surface area (Å²) in [5.74, 6) is 0.355. The van der Waals surface area contributed by atoms with E-state index in [0.717, 1.165) is 14.6 Å². The molecule has 0 spiro atoms. The van der Waals surface area contributed by atoms with Crippen LogP contribution in [0.4, 0.5) is 5.82 Å². The van der Waals surface area contributed by atoms with Gasteiger partial charge in [0.25, 0.3) is 5.91 Å². The molecule has 2 rings (SSSR count). The topological polar surface area (TPSA) is 42.0 Å². The van der Waals surface area contributed by atoms with Crippen molar-refractivity contribution in [1.29, 1.82) is 0 Å². The summed E-state index contributed by atoms with van der Waals surface area (Å²) in [4.78, 5) is 16.3. The van der Waals surface area contributed by atoms with Gasteiger partial charge in [0.2, 0.25) is 0 Å². The molecule has 1 amide bonds. The minimum Gasteiger partial charge on any atom is -0.307 e. The zero-order valence-electron chi connectivity index (χ0n) is 9.58. The minimum absolute atomic E-state index is 0.193. The number of aromatic nitrogens is 1. The lowest BCUT2D eigenvalue weighted by atomic mass is 10.2. The SMILES string of the molecule is Cc1cccc(NC(=O)c2cc(Br)ccc2Br)n1. The molecule has 3 nitrogen and oxygen atoms in total. The van der Waals surface area contributed by atoms with Crippen LogP contribution < -0.4 is 5.32 Å². The monoisotopic (exact) mass is 368 g/mol. The van der Waals surface area contributed by atoms with E-state index in [4.69, 9.17) is 0 Å². The number of rotatable bonds is 2. The number of amides is 1. The summed E-state index contributed by atoms with van der Waals surface area (Å²) in [5, 5.41) is 2.77. The molecular formula is C13H10Br2N2O. The third kappa shape index (κ3) is 3.17. The summed E-state index contributed by atoms with van der Waals surface area (Å²) >= 11 is 6.70. The first-order valence-electron chi connectivity index (χ1n) is 5.26. The fraction of sp³-hybridized carbons (Fsp3) is 0.0769. The molecule has 0 atom stereocenters. The zero-order chi connectivity index (χ0) is 13.1. The zero-order valence-corrected chi connectivity index (χ0v) is 12.7. The van der Waals surface area contributed by atoms with Crippen molar-refractivity contribution in [1.82, 2.24) is 4.98 Å². The van der Waals surface area contributed by atoms with Crippen molar-refractivity contribution < 1.29 is 4.79 Å². The number of hydrogen-bond acceptors (Lipinski definition) is 2. The molecule has 0 bridgehead atoms. The highest BCUT2D eigenvalue weighted by atomic mass is 79.9. The molecule has 18 heavy (non-hydrogen) atoms. The number of benzene rings is 1. The molecule has 0 unspecified atom stereocenters. The van der Waals surface area contributed by atoms with Crippen molar-refractivity contribution in [2.24, 2.45) is 0 Å². The molecule has 5 heteroatoms. The maximum atomic E-state index is 12.1. The molecule has 2 aromatic rings. The molecule has 0 aliphatic rings. The van der Waals surface area contributed by atoms with Crippen molar-refractivity contribution in [3.63, 3.8) is 0 Å². The molecule has 0 aliphatic heterocycles. The molecule has 1 N–H and O–H groups in total. The van der Waals surface area contributed by atoms with Gasteiger partial charge in [-0.3, -0.25) is 4.79 Å². The number of pyridine rings is 1. The molecule has 0 saturated carbocycles. The van der Waals surface area contributed by atoms with Gasteiger partial charge in [-0.15, -0.1) is 0 Å². The van der Waals surface area contributed by atoms with Crippen molar-refractivity contribution in [2.75, 3.05) is 5.32 Å². The Morgan fingerprint density at radius 3 is 2.72 bits per heavy atom. The second kappa shape index (κ2) is 5.63. The summed E-state index contributed by atoms with van der Waals surface area (Å²) in [7, 11) is 0. The summed E-state index contributed by atoms with van der Waals surface area (Å²) in [6.45, 7) is 1.88. The van der Waals surface area contributed by atoms with E-state index in [-0.39, 0.29) is 5.91 Å². The van der Waals surface area contributed by atoms with Gasteiger partial charge in [-0.25, -0.2) is 4.98 Å². The van der Waals surface area contributed by atoms with E-state index in [0.29, 0.717) is 11.4 Å². The van der Waals surface area contributed by atoms with Crippen LogP contribution in [0.5, 0.6) is 0 Å². The molecule has 0 radical (unpaired) electrons. The molecule has 92 valence electrons. The number of nitrogens with zero attached hydrogens (tertiary/aromatic N) is 1. The number of carbonyl (C=O) groups is 1. The molecule has 0 fully saturated rings. The number of aryl methyl sites for hydroxylation is 1. The number of halogens is 2. The highest BCUT2D eigenvalue weighted by Gasteiger charge is 2.11. The van der Waals surface area contributed by atoms with Crippen molar-refractivity contribution in [3.05, 3.63) is 56.6 Å². The standard InChI is InChI=1S/C13H10Br2N2O/c1-8-3-2-4-12(16-8)17-13(18)10-7-9(14)5-6-11(10)15/h2-7H,1H3,(H,16,17,18). The second-order valence-corrected chi connectivity index (χ2v) is 5.51. The Morgan fingerprint density at radius 2 is 2.00 bits per heavy atom. The normalized spacial score (nSPS) is 10.2. The maximum absolute atomic E-state index is 12.1. The third-order valence-corrected chi connectivity index (χ3v) is 3.49. The van der Waals surface area contributed by atoms with Gasteiger partial charge >= 0.3 is 0 Å². The van der Waals surface area contributed by atoms with Crippen LogP contribution in [-0.2, 0) is 0 Å². The van der Waals surface area contributed by atoms with E-state index in [1.165, 1.54) is 0 Å². The highest BCUT2D eigenvalue weighted by molar-refractivity contribution is 9.11. The largest absolute Gasteiger partial charge is 0.307 e. The number of hydrogen-bond donors (Lipinski definition) is 1. The van der Waals surface area contributed by atoms with E-state index in [2.05, 4.69) is 42.2 Å². The van der Waals surface area contributed by atoms with Crippen LogP contribution in [-0.4, -0.2) is 10.9 Å². The Hall–Kier alpha value is -1.20. The van der Waals surface area contributed by atoms with Crippen molar-refractivity contribution >= 4 is 43.6 Å². The Morgan fingerprint density at radius 1 is 1.22 bits per heavy atom. The van der Waals surface area contributed by atoms with E-state index < -0.39 is 0 Å². The van der Waals surface area contributed by atoms with Crippen molar-refractivity contribution in [3.8, 4) is 0 Å². The fourth-order valence-electron chi connectivity index (χ4n) is 1.47. The van der Waals surface area contributed by atoms with Gasteiger partial charge in [0.05, 0.1) is 5.56 Å². The molecule has 0 saturated heterocycles. The quantitative estimate of drug-likeness (QED) is 0.863. The van der Waals surface area contributed by atoms with Gasteiger partial charge in [0, 0.05) is 14.6 Å². The molecular weight excluding hydrogens is 360 g/mol. The minimum atomic E-state index is -0.193. The number of nitrogens with one attached hydrogen (secondary N) is 1. The lowest BCUT2D eigenvalue weighted by Crippen LogP contribution is -2.13. The van der Waals surface area contributed by atoms with E-state index in [9.17, 15) is 4.79 Å². The first-order valence-corrected chi connectivity index (χ1v) is 6.85. The molecule has 1 heterocycles. The Balaban J connectivity index is 2.24. The Bertz CT molecular complexity index is 599. The van der Waals surface area contributed by atoms with Crippen LogP contribution in [0.1, 0.15) is 16.1 Å². The summed E-state index contributed by atoms with van der Waals surface area (Å²) in [6.07, 6.45) is 0. The average molecular weight is 370 g/mol. The summed E-state index contributed by atoms with van der Waals surface area (Å²) < 4.78 is 1.60. The molecule has 1 aromatic carbocycles. The highest BCUT2D eigenvalue weighted by Crippen LogP contribution is 2.22. The predicted octanol–water partition coefficient (Wildman–Crippen LogP) is 4.17. The van der Waals surface area contributed by atoms with Gasteiger partial charge in [0.1, 0.15) is 5.82 Å². The molecule has 1 aromatic heterocycles. The van der Waals surface area contributed by atoms with Gasteiger partial charge in [0.15, 0.2) is 0 Å². The van der Waals surface area contributed by atoms with Crippen LogP contribution in [0.25, 0.3) is 0 Å². The van der Waals surface area contributed by atoms with Gasteiger partial charge in [-0.05, 0) is 53.2 Å². The first-order chi connectivity index (χ1) is 8.56. The summed E-state index contributed by atoms with van der Waals surface area (Å²) in [5.41, 5.74) is 1.42. The van der Waals surface area contributed by atoms with Gasteiger partial charge in [-0.1, -0.05) is 22.0 Å². The van der Waals surface area contributed by atoms with E-state index >= 15 is 0 Å². The van der Waals surface area contributed by atoms with Crippen molar-refractivity contribution in [2.45, 2.75) is 6.92 Å². The van der Waals surface area contributed by atoms with Crippen LogP contribution in [0, 0.1) is 6.92 Å². The fourth-order valence-corrected chi connectivity index (χ4v) is 2.26. The van der Waals surface area contributed by atoms with E-state index in [1.807, 2.05) is 31.2 Å². The van der Waals surface area contributed by atoms with Gasteiger partial charge < -0.3 is 5.32 Å². The number of anilines is 1. The average Bonchev–Trinajstić information content (AvgIpc) is 2.32. The second-order valence-electron chi connectivity index (χ2n) is 3.74. The van der Waals surface area contributed by atoms with Gasteiger partial charge in [-0.2, -0.15) is 0 Å². The third-order valence-electron chi connectivity index (χ3n) is 2.30. The van der Waals surface area contributed by atoms with Crippen LogP contribution in [0.2, 0.25) is 0 Å². The van der Waals surface area contributed by atoms with Crippen LogP contribution >= 0.6 is 31.9 Å². The summed E-state index contributed by atoms with van der Waals surface area (Å²) in [6, 6.07) is 10.9. The first kappa shape index (κ1) is 13.2. The lowest BCUT2D eigenvalue weighted by molar-refractivity contribution is 0.102. The number of carbonyl (C=O) groups excluding carboxylic acids is 1. The van der Waals surface area contributed by atoms with Crippen LogP contribution in [0.3, 0.4) is 0 Å². The maximum Gasteiger partial charge on any atom is 0.258 e. The predicted molar refractivity (Wildman–Crippen MR) is 78.8 cm³/mol.